The van der Waals surface area contributed by atoms with Gasteiger partial charge in [0.25, 0.3) is 0 Å². The van der Waals surface area contributed by atoms with E-state index in [-0.39, 0.29) is 20.9 Å². The molecular weight excluding hydrogens is 508 g/mol. The summed E-state index contributed by atoms with van der Waals surface area (Å²) >= 11 is 0. The molecule has 2 N–H and O–H groups in total. The highest BCUT2D eigenvalue weighted by molar-refractivity contribution is 7.91. The van der Waals surface area contributed by atoms with Crippen molar-refractivity contribution in [1.29, 1.82) is 0 Å². The van der Waals surface area contributed by atoms with E-state index in [4.69, 9.17) is 9.47 Å². The Kier molecular flexibility index (Phi) is 7.93. The predicted octanol–water partition coefficient (Wildman–Crippen LogP) is 8.52. The Hall–Kier alpha value is -3.97. The average molecular weight is 545 g/mol. The molecule has 6 nitrogen and oxygen atoms in total. The number of hydrogen-bond acceptors (Lipinski definition) is 6. The van der Waals surface area contributed by atoms with Crippen LogP contribution in [0.1, 0.15) is 41.5 Å². The van der Waals surface area contributed by atoms with Crippen molar-refractivity contribution in [3.63, 3.8) is 0 Å². The molecule has 0 saturated carbocycles. The number of ether oxygens (including phenoxy) is 2. The van der Waals surface area contributed by atoms with Crippen LogP contribution in [0, 0.1) is 0 Å². The Morgan fingerprint density at radius 2 is 0.872 bits per heavy atom. The van der Waals surface area contributed by atoms with Gasteiger partial charge in [-0.2, -0.15) is 0 Å². The molecule has 0 amide bonds. The van der Waals surface area contributed by atoms with Crippen LogP contribution < -0.4 is 20.1 Å². The van der Waals surface area contributed by atoms with Gasteiger partial charge >= 0.3 is 0 Å². The van der Waals surface area contributed by atoms with Gasteiger partial charge in [0, 0.05) is 34.6 Å². The van der Waals surface area contributed by atoms with E-state index < -0.39 is 9.84 Å². The van der Waals surface area contributed by atoms with Crippen LogP contribution in [-0.2, 0) is 9.84 Å². The molecule has 0 aromatic heterocycles. The lowest BCUT2D eigenvalue weighted by Crippen LogP contribution is -2.25. The van der Waals surface area contributed by atoms with Gasteiger partial charge in [-0.3, -0.25) is 0 Å². The van der Waals surface area contributed by atoms with Crippen molar-refractivity contribution in [3.05, 3.63) is 97.1 Å². The molecule has 0 bridgehead atoms. The topological polar surface area (TPSA) is 76.7 Å². The molecule has 7 heteroatoms. The third kappa shape index (κ3) is 8.01. The minimum absolute atomic E-state index is 0.0758. The molecule has 204 valence electrons. The summed E-state index contributed by atoms with van der Waals surface area (Å²) in [5.74, 6) is 2.42. The zero-order valence-corrected chi connectivity index (χ0v) is 24.1. The van der Waals surface area contributed by atoms with Crippen LogP contribution in [0.2, 0.25) is 0 Å². The van der Waals surface area contributed by atoms with Crippen molar-refractivity contribution in [3.8, 4) is 23.0 Å². The van der Waals surface area contributed by atoms with E-state index >= 15 is 0 Å². The van der Waals surface area contributed by atoms with Crippen LogP contribution in [0.4, 0.5) is 11.4 Å². The van der Waals surface area contributed by atoms with E-state index in [0.717, 1.165) is 11.4 Å². The summed E-state index contributed by atoms with van der Waals surface area (Å²) in [5.41, 5.74) is 1.74. The summed E-state index contributed by atoms with van der Waals surface area (Å²) < 4.78 is 38.4. The maximum atomic E-state index is 13.2. The molecule has 0 radical (unpaired) electrons. The monoisotopic (exact) mass is 544 g/mol. The van der Waals surface area contributed by atoms with E-state index in [2.05, 4.69) is 52.2 Å². The standard InChI is InChI=1S/C32H36N2O4S/c1-31(2,3)33-23-9-7-11-27(21-23)37-25-13-17-29(18-14-25)39(35,36)30-19-15-26(16-20-30)38-28-12-8-10-24(22-28)34-32(4,5)6/h7-22,33-34H,1-6H3. The van der Waals surface area contributed by atoms with Crippen molar-refractivity contribution in [2.75, 3.05) is 10.6 Å². The number of anilines is 2. The Bertz CT molecular complexity index is 1410. The lowest BCUT2D eigenvalue weighted by atomic mass is 10.1. The van der Waals surface area contributed by atoms with Crippen LogP contribution in [0.3, 0.4) is 0 Å². The van der Waals surface area contributed by atoms with E-state index in [9.17, 15) is 8.42 Å². The first-order valence-corrected chi connectivity index (χ1v) is 14.3. The summed E-state index contributed by atoms with van der Waals surface area (Å²) in [5, 5.41) is 6.82. The van der Waals surface area contributed by atoms with Crippen LogP contribution in [0.15, 0.2) is 107 Å². The van der Waals surface area contributed by atoms with Crippen LogP contribution >= 0.6 is 0 Å². The molecule has 0 atom stereocenters. The van der Waals surface area contributed by atoms with Gasteiger partial charge in [-0.15, -0.1) is 0 Å². The highest BCUT2D eigenvalue weighted by Crippen LogP contribution is 2.30. The molecule has 0 heterocycles. The molecule has 0 aliphatic rings. The Morgan fingerprint density at radius 3 is 1.21 bits per heavy atom. The van der Waals surface area contributed by atoms with Gasteiger partial charge in [-0.1, -0.05) is 12.1 Å². The number of nitrogens with one attached hydrogen (secondary N) is 2. The largest absolute Gasteiger partial charge is 0.457 e. The van der Waals surface area contributed by atoms with Crippen molar-refractivity contribution in [2.24, 2.45) is 0 Å². The molecule has 4 rings (SSSR count). The molecule has 0 saturated heterocycles. The third-order valence-corrected chi connectivity index (χ3v) is 7.23. The van der Waals surface area contributed by atoms with Gasteiger partial charge < -0.3 is 20.1 Å². The summed E-state index contributed by atoms with van der Waals surface area (Å²) in [6.07, 6.45) is 0. The maximum absolute atomic E-state index is 13.2. The summed E-state index contributed by atoms with van der Waals surface area (Å²) in [4.78, 5) is 0.375. The highest BCUT2D eigenvalue weighted by atomic mass is 32.2. The number of hydrogen-bond donors (Lipinski definition) is 2. The summed E-state index contributed by atoms with van der Waals surface area (Å²) in [7, 11) is -3.70. The molecule has 0 unspecified atom stereocenters. The van der Waals surface area contributed by atoms with Gasteiger partial charge in [0.2, 0.25) is 9.84 Å². The Morgan fingerprint density at radius 1 is 0.513 bits per heavy atom. The second kappa shape index (κ2) is 11.0. The summed E-state index contributed by atoms with van der Waals surface area (Å²) in [6, 6.07) is 28.2. The lowest BCUT2D eigenvalue weighted by molar-refractivity contribution is 0.482. The number of rotatable bonds is 8. The Labute approximate surface area is 231 Å². The van der Waals surface area contributed by atoms with Crippen molar-refractivity contribution >= 4 is 21.2 Å². The molecule has 0 spiro atoms. The predicted molar refractivity (Wildman–Crippen MR) is 158 cm³/mol. The molecule has 0 aliphatic carbocycles. The minimum Gasteiger partial charge on any atom is -0.457 e. The number of benzene rings is 4. The quantitative estimate of drug-likeness (QED) is 0.231. The minimum atomic E-state index is -3.70. The molecule has 0 aliphatic heterocycles. The summed E-state index contributed by atoms with van der Waals surface area (Å²) in [6.45, 7) is 12.5. The zero-order valence-electron chi connectivity index (χ0n) is 23.3. The molecule has 0 fully saturated rings. The maximum Gasteiger partial charge on any atom is 0.206 e. The van der Waals surface area contributed by atoms with E-state index in [0.29, 0.717) is 23.0 Å². The number of sulfone groups is 1. The molecule has 4 aromatic rings. The third-order valence-electron chi connectivity index (χ3n) is 5.45. The van der Waals surface area contributed by atoms with Crippen molar-refractivity contribution in [2.45, 2.75) is 62.4 Å². The van der Waals surface area contributed by atoms with Gasteiger partial charge in [-0.05, 0) is 114 Å². The first kappa shape index (κ1) is 28.0. The van der Waals surface area contributed by atoms with Crippen LogP contribution in [0.25, 0.3) is 0 Å². The fraction of sp³-hybridized carbons (Fsp3) is 0.250. The Balaban J connectivity index is 1.44. The lowest BCUT2D eigenvalue weighted by Gasteiger charge is -2.22. The smallest absolute Gasteiger partial charge is 0.206 e. The van der Waals surface area contributed by atoms with Gasteiger partial charge in [0.1, 0.15) is 23.0 Å². The van der Waals surface area contributed by atoms with Gasteiger partial charge in [0.05, 0.1) is 9.79 Å². The fourth-order valence-corrected chi connectivity index (χ4v) is 5.18. The van der Waals surface area contributed by atoms with E-state index in [1.54, 1.807) is 48.5 Å². The van der Waals surface area contributed by atoms with Gasteiger partial charge in [-0.25, -0.2) is 8.42 Å². The first-order valence-electron chi connectivity index (χ1n) is 12.8. The molecule has 39 heavy (non-hydrogen) atoms. The second-order valence-electron chi connectivity index (χ2n) is 11.5. The van der Waals surface area contributed by atoms with Crippen molar-refractivity contribution < 1.29 is 17.9 Å². The molecular formula is C32H36N2O4S. The van der Waals surface area contributed by atoms with E-state index in [1.807, 2.05) is 48.5 Å². The van der Waals surface area contributed by atoms with Gasteiger partial charge in [0.15, 0.2) is 0 Å². The van der Waals surface area contributed by atoms with Crippen LogP contribution in [-0.4, -0.2) is 19.5 Å². The zero-order chi connectivity index (χ0) is 28.3. The SMILES string of the molecule is CC(C)(C)Nc1cccc(Oc2ccc(S(=O)(=O)c3ccc(Oc4cccc(NC(C)(C)C)c4)cc3)cc2)c1. The fourth-order valence-electron chi connectivity index (χ4n) is 3.92. The second-order valence-corrected chi connectivity index (χ2v) is 13.4. The first-order chi connectivity index (χ1) is 18.3. The average Bonchev–Trinajstić information content (AvgIpc) is 2.83. The van der Waals surface area contributed by atoms with Crippen molar-refractivity contribution in [1.82, 2.24) is 0 Å². The highest BCUT2D eigenvalue weighted by Gasteiger charge is 2.18. The molecule has 4 aromatic carbocycles. The normalized spacial score (nSPS) is 12.1. The van der Waals surface area contributed by atoms with Crippen LogP contribution in [0.5, 0.6) is 23.0 Å². The van der Waals surface area contributed by atoms with E-state index in [1.165, 1.54) is 0 Å².